The molecule has 2 N–H and O–H groups in total. The van der Waals surface area contributed by atoms with Crippen molar-refractivity contribution in [2.75, 3.05) is 17.2 Å². The first-order chi connectivity index (χ1) is 14.2. The monoisotopic (exact) mass is 428 g/mol. The number of nitrogens with one attached hydrogen (secondary N) is 2. The highest BCUT2D eigenvalue weighted by molar-refractivity contribution is 8.00. The van der Waals surface area contributed by atoms with Crippen LogP contribution in [0, 0.1) is 5.41 Å². The van der Waals surface area contributed by atoms with E-state index in [2.05, 4.69) is 10.6 Å². The van der Waals surface area contributed by atoms with Crippen molar-refractivity contribution in [3.63, 3.8) is 0 Å². The summed E-state index contributed by atoms with van der Waals surface area (Å²) < 4.78 is 5.43. The predicted molar refractivity (Wildman–Crippen MR) is 125 cm³/mol. The molecule has 0 bridgehead atoms. The summed E-state index contributed by atoms with van der Waals surface area (Å²) in [4.78, 5) is 25.9. The summed E-state index contributed by atoms with van der Waals surface area (Å²) in [6.07, 6.45) is 1.14. The third kappa shape index (κ3) is 8.11. The van der Waals surface area contributed by atoms with E-state index in [4.69, 9.17) is 4.74 Å². The van der Waals surface area contributed by atoms with Crippen molar-refractivity contribution in [3.8, 4) is 5.75 Å². The molecular formula is C24H32N2O3S. The van der Waals surface area contributed by atoms with Gasteiger partial charge in [0, 0.05) is 22.7 Å². The molecule has 0 aliphatic rings. The van der Waals surface area contributed by atoms with Gasteiger partial charge >= 0.3 is 0 Å². The van der Waals surface area contributed by atoms with E-state index in [9.17, 15) is 9.59 Å². The molecule has 5 nitrogen and oxygen atoms in total. The summed E-state index contributed by atoms with van der Waals surface area (Å²) >= 11 is 1.49. The Morgan fingerprint density at radius 3 is 2.30 bits per heavy atom. The molecule has 1 atom stereocenters. The minimum Gasteiger partial charge on any atom is -0.494 e. The molecule has 2 amide bonds. The highest BCUT2D eigenvalue weighted by Gasteiger charge is 2.19. The summed E-state index contributed by atoms with van der Waals surface area (Å²) in [7, 11) is 0. The first kappa shape index (κ1) is 23.8. The van der Waals surface area contributed by atoms with E-state index in [1.54, 1.807) is 0 Å². The molecule has 2 aromatic carbocycles. The van der Waals surface area contributed by atoms with Crippen molar-refractivity contribution in [1.82, 2.24) is 0 Å². The fraction of sp³-hybridized carbons (Fsp3) is 0.417. The Morgan fingerprint density at radius 2 is 1.70 bits per heavy atom. The molecule has 6 heteroatoms. The molecule has 0 saturated heterocycles. The Bertz CT molecular complexity index is 844. The van der Waals surface area contributed by atoms with Crippen molar-refractivity contribution >= 4 is 35.0 Å². The second kappa shape index (κ2) is 11.1. The molecular weight excluding hydrogens is 396 g/mol. The van der Waals surface area contributed by atoms with Gasteiger partial charge in [-0.1, -0.05) is 33.8 Å². The number of ether oxygens (including phenoxy) is 1. The fourth-order valence-corrected chi connectivity index (χ4v) is 3.86. The fourth-order valence-electron chi connectivity index (χ4n) is 2.84. The summed E-state index contributed by atoms with van der Waals surface area (Å²) in [5.41, 5.74) is 1.42. The quantitative estimate of drug-likeness (QED) is 0.483. The zero-order chi connectivity index (χ0) is 22.1. The SMILES string of the molecule is CCOc1ccc(NC(=O)C(CC)Sc2cccc(NC(=O)CC(C)(C)C)c2)cc1. The van der Waals surface area contributed by atoms with Crippen molar-refractivity contribution in [3.05, 3.63) is 48.5 Å². The van der Waals surface area contributed by atoms with Crippen molar-refractivity contribution in [1.29, 1.82) is 0 Å². The van der Waals surface area contributed by atoms with Crippen LogP contribution >= 0.6 is 11.8 Å². The Morgan fingerprint density at radius 1 is 1.00 bits per heavy atom. The number of hydrogen-bond acceptors (Lipinski definition) is 4. The topological polar surface area (TPSA) is 67.4 Å². The smallest absolute Gasteiger partial charge is 0.237 e. The number of thioether (sulfide) groups is 1. The van der Waals surface area contributed by atoms with Crippen LogP contribution < -0.4 is 15.4 Å². The molecule has 0 spiro atoms. The largest absolute Gasteiger partial charge is 0.494 e. The zero-order valence-corrected chi connectivity index (χ0v) is 19.3. The molecule has 0 radical (unpaired) electrons. The number of carbonyl (C=O) groups excluding carboxylic acids is 2. The molecule has 2 aromatic rings. The van der Waals surface area contributed by atoms with Crippen LogP contribution in [-0.4, -0.2) is 23.7 Å². The van der Waals surface area contributed by atoms with Crippen LogP contribution in [0.5, 0.6) is 5.75 Å². The average molecular weight is 429 g/mol. The lowest BCUT2D eigenvalue weighted by molar-refractivity contribution is -0.118. The molecule has 0 aliphatic carbocycles. The van der Waals surface area contributed by atoms with Crippen LogP contribution in [0.25, 0.3) is 0 Å². The predicted octanol–water partition coefficient (Wildman–Crippen LogP) is 5.97. The molecule has 0 aromatic heterocycles. The van der Waals surface area contributed by atoms with Crippen LogP contribution in [0.15, 0.2) is 53.4 Å². The maximum absolute atomic E-state index is 12.7. The van der Waals surface area contributed by atoms with Gasteiger partial charge in [-0.3, -0.25) is 9.59 Å². The van der Waals surface area contributed by atoms with Crippen molar-refractivity contribution < 1.29 is 14.3 Å². The van der Waals surface area contributed by atoms with Gasteiger partial charge in [-0.25, -0.2) is 0 Å². The van der Waals surface area contributed by atoms with Crippen LogP contribution in [0.1, 0.15) is 47.5 Å². The lowest BCUT2D eigenvalue weighted by atomic mass is 9.92. The maximum atomic E-state index is 12.7. The molecule has 0 aliphatic heterocycles. The molecule has 0 fully saturated rings. The minimum atomic E-state index is -0.239. The van der Waals surface area contributed by atoms with E-state index in [0.717, 1.165) is 22.0 Å². The zero-order valence-electron chi connectivity index (χ0n) is 18.5. The Labute approximate surface area is 184 Å². The number of amides is 2. The molecule has 30 heavy (non-hydrogen) atoms. The van der Waals surface area contributed by atoms with Crippen LogP contribution in [-0.2, 0) is 9.59 Å². The van der Waals surface area contributed by atoms with Crippen LogP contribution in [0.3, 0.4) is 0 Å². The Hall–Kier alpha value is -2.47. The molecule has 1 unspecified atom stereocenters. The van der Waals surface area contributed by atoms with E-state index < -0.39 is 0 Å². The van der Waals surface area contributed by atoms with Gasteiger partial charge in [-0.05, 0) is 61.2 Å². The standard InChI is InChI=1S/C24H32N2O3S/c1-6-21(23(28)26-17-11-13-19(14-12-17)29-7-2)30-20-10-8-9-18(15-20)25-22(27)16-24(3,4)5/h8-15,21H,6-7,16H2,1-5H3,(H,25,27)(H,26,28). The Kier molecular flexibility index (Phi) is 8.78. The number of rotatable bonds is 9. The first-order valence-electron chi connectivity index (χ1n) is 10.3. The Balaban J connectivity index is 1.99. The van der Waals surface area contributed by atoms with Gasteiger partial charge in [0.15, 0.2) is 0 Å². The third-order valence-electron chi connectivity index (χ3n) is 4.18. The summed E-state index contributed by atoms with van der Waals surface area (Å²) in [5, 5.41) is 5.68. The summed E-state index contributed by atoms with van der Waals surface area (Å²) in [5.74, 6) is 0.723. The van der Waals surface area contributed by atoms with E-state index in [0.29, 0.717) is 19.4 Å². The van der Waals surface area contributed by atoms with Gasteiger partial charge in [0.1, 0.15) is 5.75 Å². The second-order valence-electron chi connectivity index (χ2n) is 8.27. The molecule has 2 rings (SSSR count). The lowest BCUT2D eigenvalue weighted by Crippen LogP contribution is -2.24. The lowest BCUT2D eigenvalue weighted by Gasteiger charge is -2.18. The summed E-state index contributed by atoms with van der Waals surface area (Å²) in [6.45, 7) is 10.6. The second-order valence-corrected chi connectivity index (χ2v) is 9.55. The molecule has 0 saturated carbocycles. The minimum absolute atomic E-state index is 0.00932. The van der Waals surface area contributed by atoms with Gasteiger partial charge in [0.05, 0.1) is 11.9 Å². The van der Waals surface area contributed by atoms with E-state index in [1.807, 2.05) is 83.1 Å². The van der Waals surface area contributed by atoms with Gasteiger partial charge in [-0.2, -0.15) is 0 Å². The van der Waals surface area contributed by atoms with Gasteiger partial charge in [-0.15, -0.1) is 11.8 Å². The number of hydrogen-bond donors (Lipinski definition) is 2. The average Bonchev–Trinajstić information content (AvgIpc) is 2.66. The van der Waals surface area contributed by atoms with Crippen LogP contribution in [0.2, 0.25) is 0 Å². The maximum Gasteiger partial charge on any atom is 0.237 e. The van der Waals surface area contributed by atoms with E-state index in [-0.39, 0.29) is 22.5 Å². The first-order valence-corrected chi connectivity index (χ1v) is 11.2. The van der Waals surface area contributed by atoms with Gasteiger partial charge in [0.2, 0.25) is 11.8 Å². The van der Waals surface area contributed by atoms with Crippen molar-refractivity contribution in [2.24, 2.45) is 5.41 Å². The number of anilines is 2. The van der Waals surface area contributed by atoms with Gasteiger partial charge < -0.3 is 15.4 Å². The number of carbonyl (C=O) groups is 2. The number of benzene rings is 2. The van der Waals surface area contributed by atoms with Gasteiger partial charge in [0.25, 0.3) is 0 Å². The van der Waals surface area contributed by atoms with E-state index >= 15 is 0 Å². The normalized spacial score (nSPS) is 12.2. The van der Waals surface area contributed by atoms with Crippen LogP contribution in [0.4, 0.5) is 11.4 Å². The third-order valence-corrected chi connectivity index (χ3v) is 5.54. The van der Waals surface area contributed by atoms with E-state index in [1.165, 1.54) is 11.8 Å². The molecule has 162 valence electrons. The molecule has 0 heterocycles. The highest BCUT2D eigenvalue weighted by atomic mass is 32.2. The van der Waals surface area contributed by atoms with Crippen molar-refractivity contribution in [2.45, 2.75) is 57.6 Å². The summed E-state index contributed by atoms with van der Waals surface area (Å²) in [6, 6.07) is 15.0. The highest BCUT2D eigenvalue weighted by Crippen LogP contribution is 2.29.